The van der Waals surface area contributed by atoms with Crippen molar-refractivity contribution in [1.29, 1.82) is 0 Å². The van der Waals surface area contributed by atoms with Crippen LogP contribution in [0.5, 0.6) is 17.2 Å². The van der Waals surface area contributed by atoms with E-state index in [1.807, 2.05) is 13.8 Å². The highest BCUT2D eigenvalue weighted by atomic mass is 35.5. The number of benzene rings is 3. The Balaban J connectivity index is 1.51. The van der Waals surface area contributed by atoms with Gasteiger partial charge in [-0.3, -0.25) is 9.59 Å². The van der Waals surface area contributed by atoms with Gasteiger partial charge in [-0.15, -0.1) is 0 Å². The highest BCUT2D eigenvalue weighted by Gasteiger charge is 2.40. The Kier molecular flexibility index (Phi) is 7.42. The van der Waals surface area contributed by atoms with Crippen molar-refractivity contribution in [3.63, 3.8) is 0 Å². The van der Waals surface area contributed by atoms with E-state index in [1.165, 1.54) is 32.4 Å². The molecular formula is C27H22Cl2N2O6. The van der Waals surface area contributed by atoms with Crippen molar-refractivity contribution >= 4 is 52.4 Å². The van der Waals surface area contributed by atoms with Gasteiger partial charge in [-0.2, -0.15) is 0 Å². The molecular weight excluding hydrogens is 519 g/mol. The van der Waals surface area contributed by atoms with Crippen molar-refractivity contribution in [2.45, 2.75) is 13.8 Å². The van der Waals surface area contributed by atoms with E-state index >= 15 is 0 Å². The maximum atomic E-state index is 13.2. The van der Waals surface area contributed by atoms with Crippen LogP contribution in [-0.4, -0.2) is 32.0 Å². The fourth-order valence-electron chi connectivity index (χ4n) is 3.77. The zero-order valence-corrected chi connectivity index (χ0v) is 21.9. The largest absolute Gasteiger partial charge is 0.497 e. The van der Waals surface area contributed by atoms with Crippen molar-refractivity contribution in [1.82, 2.24) is 0 Å². The number of hydrogen-bond donors (Lipinski definition) is 1. The molecule has 0 spiro atoms. The fraction of sp³-hybridized carbons (Fsp3) is 0.148. The standard InChI is InChI=1S/C27H22Cl2N2O6/c1-14-11-19(12-15(2)22(14)28)37-27(34)16-5-7-17(8-6-16)30-24-23(29)25(32)31(26(24)33)20-13-18(35-3)9-10-21(20)36-4/h5-13,30H,1-4H3. The first-order valence-electron chi connectivity index (χ1n) is 11.0. The number of anilines is 2. The number of methoxy groups -OCH3 is 2. The number of rotatable bonds is 7. The highest BCUT2D eigenvalue weighted by Crippen LogP contribution is 2.38. The maximum absolute atomic E-state index is 13.2. The molecule has 1 heterocycles. The number of ether oxygens (including phenoxy) is 3. The first kappa shape index (κ1) is 26.1. The van der Waals surface area contributed by atoms with Crippen LogP contribution in [0.4, 0.5) is 11.4 Å². The van der Waals surface area contributed by atoms with E-state index in [0.717, 1.165) is 16.0 Å². The van der Waals surface area contributed by atoms with Crippen molar-refractivity contribution in [3.8, 4) is 17.2 Å². The number of halogens is 2. The van der Waals surface area contributed by atoms with Gasteiger partial charge in [0.1, 0.15) is 28.0 Å². The van der Waals surface area contributed by atoms with Crippen LogP contribution in [0.1, 0.15) is 21.5 Å². The Morgan fingerprint density at radius 2 is 1.49 bits per heavy atom. The minimum Gasteiger partial charge on any atom is -0.497 e. The molecule has 0 radical (unpaired) electrons. The third-order valence-electron chi connectivity index (χ3n) is 5.66. The second-order valence-corrected chi connectivity index (χ2v) is 8.89. The van der Waals surface area contributed by atoms with E-state index in [-0.39, 0.29) is 22.0 Å². The molecule has 37 heavy (non-hydrogen) atoms. The Hall–Kier alpha value is -4.01. The van der Waals surface area contributed by atoms with Crippen LogP contribution in [-0.2, 0) is 9.59 Å². The first-order chi connectivity index (χ1) is 17.6. The lowest BCUT2D eigenvalue weighted by Gasteiger charge is -2.19. The quantitative estimate of drug-likeness (QED) is 0.236. The zero-order valence-electron chi connectivity index (χ0n) is 20.3. The van der Waals surface area contributed by atoms with Gasteiger partial charge in [0.05, 0.1) is 25.5 Å². The summed E-state index contributed by atoms with van der Waals surface area (Å²) in [6, 6.07) is 14.3. The number of esters is 1. The van der Waals surface area contributed by atoms with E-state index in [9.17, 15) is 14.4 Å². The number of carbonyl (C=O) groups excluding carboxylic acids is 3. The molecule has 2 amide bonds. The third kappa shape index (κ3) is 5.12. The molecule has 10 heteroatoms. The summed E-state index contributed by atoms with van der Waals surface area (Å²) < 4.78 is 16.0. The van der Waals surface area contributed by atoms with Crippen LogP contribution in [0.25, 0.3) is 0 Å². The topological polar surface area (TPSA) is 94.2 Å². The summed E-state index contributed by atoms with van der Waals surface area (Å²) in [5, 5.41) is 3.20. The van der Waals surface area contributed by atoms with E-state index in [4.69, 9.17) is 37.4 Å². The number of nitrogens with zero attached hydrogens (tertiary/aromatic N) is 1. The lowest BCUT2D eigenvalue weighted by Crippen LogP contribution is -2.32. The molecule has 1 N–H and O–H groups in total. The van der Waals surface area contributed by atoms with Gasteiger partial charge in [-0.25, -0.2) is 9.69 Å². The number of aryl methyl sites for hydroxylation is 2. The summed E-state index contributed by atoms with van der Waals surface area (Å²) in [6.45, 7) is 3.65. The van der Waals surface area contributed by atoms with E-state index in [2.05, 4.69) is 5.32 Å². The van der Waals surface area contributed by atoms with Crippen LogP contribution in [0, 0.1) is 13.8 Å². The molecule has 4 rings (SSSR count). The van der Waals surface area contributed by atoms with Gasteiger partial charge < -0.3 is 19.5 Å². The van der Waals surface area contributed by atoms with Crippen LogP contribution in [0.2, 0.25) is 5.02 Å². The average molecular weight is 541 g/mol. The summed E-state index contributed by atoms with van der Waals surface area (Å²) >= 11 is 12.4. The van der Waals surface area contributed by atoms with Gasteiger partial charge in [0.25, 0.3) is 11.8 Å². The Morgan fingerprint density at radius 1 is 0.838 bits per heavy atom. The van der Waals surface area contributed by atoms with Gasteiger partial charge in [-0.1, -0.05) is 23.2 Å². The molecule has 0 fully saturated rings. The monoisotopic (exact) mass is 540 g/mol. The second kappa shape index (κ2) is 10.5. The molecule has 3 aromatic carbocycles. The number of imide groups is 1. The lowest BCUT2D eigenvalue weighted by molar-refractivity contribution is -0.120. The summed E-state index contributed by atoms with van der Waals surface area (Å²) in [5.41, 5.74) is 2.39. The fourth-order valence-corrected chi connectivity index (χ4v) is 4.09. The van der Waals surface area contributed by atoms with Crippen molar-refractivity contribution in [3.05, 3.63) is 87.0 Å². The smallest absolute Gasteiger partial charge is 0.343 e. The molecule has 190 valence electrons. The van der Waals surface area contributed by atoms with Gasteiger partial charge in [0.15, 0.2) is 0 Å². The minimum atomic E-state index is -0.713. The molecule has 1 aliphatic heterocycles. The van der Waals surface area contributed by atoms with Crippen LogP contribution in [0.3, 0.4) is 0 Å². The Bertz CT molecular complexity index is 1430. The number of hydrogen-bond acceptors (Lipinski definition) is 7. The van der Waals surface area contributed by atoms with E-state index in [1.54, 1.807) is 36.4 Å². The van der Waals surface area contributed by atoms with Crippen molar-refractivity contribution in [2.24, 2.45) is 0 Å². The van der Waals surface area contributed by atoms with E-state index in [0.29, 0.717) is 28.0 Å². The SMILES string of the molecule is COc1ccc(OC)c(N2C(=O)C(Cl)=C(Nc3ccc(C(=O)Oc4cc(C)c(Cl)c(C)c4)cc3)C2=O)c1. The van der Waals surface area contributed by atoms with Gasteiger partial charge in [0, 0.05) is 16.8 Å². The Labute approximate surface area is 223 Å². The average Bonchev–Trinajstić information content (AvgIpc) is 3.09. The Morgan fingerprint density at radius 3 is 2.08 bits per heavy atom. The van der Waals surface area contributed by atoms with Crippen LogP contribution < -0.4 is 24.4 Å². The van der Waals surface area contributed by atoms with Crippen molar-refractivity contribution < 1.29 is 28.6 Å². The molecule has 0 saturated heterocycles. The molecule has 0 aromatic heterocycles. The molecule has 1 aliphatic rings. The summed E-state index contributed by atoms with van der Waals surface area (Å²) in [5.74, 6) is -0.838. The number of nitrogens with one attached hydrogen (secondary N) is 1. The molecule has 0 saturated carbocycles. The molecule has 0 unspecified atom stereocenters. The maximum Gasteiger partial charge on any atom is 0.343 e. The van der Waals surface area contributed by atoms with Crippen LogP contribution in [0.15, 0.2) is 65.3 Å². The number of amides is 2. The molecule has 0 atom stereocenters. The molecule has 3 aromatic rings. The molecule has 0 bridgehead atoms. The molecule has 0 aliphatic carbocycles. The van der Waals surface area contributed by atoms with Gasteiger partial charge in [0.2, 0.25) is 0 Å². The lowest BCUT2D eigenvalue weighted by atomic mass is 10.1. The second-order valence-electron chi connectivity index (χ2n) is 8.14. The third-order valence-corrected chi connectivity index (χ3v) is 6.61. The van der Waals surface area contributed by atoms with Gasteiger partial charge in [-0.05, 0) is 73.5 Å². The molecule has 8 nitrogen and oxygen atoms in total. The van der Waals surface area contributed by atoms with E-state index < -0.39 is 17.8 Å². The zero-order chi connectivity index (χ0) is 26.9. The minimum absolute atomic E-state index is 0.112. The van der Waals surface area contributed by atoms with Crippen molar-refractivity contribution in [2.75, 3.05) is 24.4 Å². The summed E-state index contributed by atoms with van der Waals surface area (Å²) in [7, 11) is 2.89. The van der Waals surface area contributed by atoms with Crippen LogP contribution >= 0.6 is 23.2 Å². The normalized spacial score (nSPS) is 13.2. The van der Waals surface area contributed by atoms with Gasteiger partial charge >= 0.3 is 5.97 Å². The number of carbonyl (C=O) groups is 3. The summed E-state index contributed by atoms with van der Waals surface area (Å²) in [6.07, 6.45) is 0. The highest BCUT2D eigenvalue weighted by molar-refractivity contribution is 6.53. The predicted octanol–water partition coefficient (Wildman–Crippen LogP) is 5.63. The first-order valence-corrected chi connectivity index (χ1v) is 11.8. The summed E-state index contributed by atoms with van der Waals surface area (Å²) in [4.78, 5) is 39.6. The predicted molar refractivity (Wildman–Crippen MR) is 141 cm³/mol.